The summed E-state index contributed by atoms with van der Waals surface area (Å²) in [6.45, 7) is 7.34. The van der Waals surface area contributed by atoms with Crippen LogP contribution in [-0.2, 0) is 4.74 Å². The third-order valence-corrected chi connectivity index (χ3v) is 5.32. The minimum atomic E-state index is -0.0784. The molecule has 0 atom stereocenters. The van der Waals surface area contributed by atoms with Crippen molar-refractivity contribution in [3.05, 3.63) is 59.8 Å². The summed E-state index contributed by atoms with van der Waals surface area (Å²) >= 11 is 1.62. The molecular weight excluding hydrogens is 356 g/mol. The fourth-order valence-electron chi connectivity index (χ4n) is 2.79. The van der Waals surface area contributed by atoms with Crippen LogP contribution < -0.4 is 5.32 Å². The van der Waals surface area contributed by atoms with Crippen LogP contribution in [0.4, 0.5) is 0 Å². The van der Waals surface area contributed by atoms with Crippen molar-refractivity contribution in [3.63, 3.8) is 0 Å². The number of fused-ring (bicyclic) bond motifs is 1. The number of aryl methyl sites for hydroxylation is 1. The number of aromatic nitrogens is 1. The van der Waals surface area contributed by atoms with E-state index in [1.54, 1.807) is 11.8 Å². The van der Waals surface area contributed by atoms with Crippen LogP contribution in [0.3, 0.4) is 0 Å². The van der Waals surface area contributed by atoms with Gasteiger partial charge in [0.25, 0.3) is 5.91 Å². The Kier molecular flexibility index (Phi) is 6.58. The second-order valence-corrected chi connectivity index (χ2v) is 7.90. The summed E-state index contributed by atoms with van der Waals surface area (Å²) in [6, 6.07) is 16.4. The van der Waals surface area contributed by atoms with Crippen LogP contribution in [0.25, 0.3) is 10.9 Å². The number of carbonyl (C=O) groups excluding carboxylic acids is 1. The van der Waals surface area contributed by atoms with Gasteiger partial charge in [0.05, 0.1) is 11.0 Å². The summed E-state index contributed by atoms with van der Waals surface area (Å²) in [5.41, 5.74) is 2.81. The van der Waals surface area contributed by atoms with Crippen molar-refractivity contribution < 1.29 is 9.53 Å². The molecule has 0 radical (unpaired) electrons. The first kappa shape index (κ1) is 19.5. The lowest BCUT2D eigenvalue weighted by Crippen LogP contribution is -2.26. The fraction of sp³-hybridized carbons (Fsp3) is 0.318. The summed E-state index contributed by atoms with van der Waals surface area (Å²) in [7, 11) is 0. The number of ether oxygens (including phenoxy) is 1. The molecule has 2 N–H and O–H groups in total. The second-order valence-electron chi connectivity index (χ2n) is 6.82. The van der Waals surface area contributed by atoms with E-state index in [0.717, 1.165) is 27.1 Å². The van der Waals surface area contributed by atoms with Crippen LogP contribution in [0, 0.1) is 6.92 Å². The van der Waals surface area contributed by atoms with Gasteiger partial charge in [0.15, 0.2) is 0 Å². The molecule has 0 aliphatic heterocycles. The van der Waals surface area contributed by atoms with Crippen molar-refractivity contribution in [1.29, 1.82) is 0 Å². The number of para-hydroxylation sites is 1. The Morgan fingerprint density at radius 1 is 1.15 bits per heavy atom. The Balaban J connectivity index is 1.77. The van der Waals surface area contributed by atoms with Gasteiger partial charge in [-0.05, 0) is 45.4 Å². The molecule has 4 nitrogen and oxygen atoms in total. The lowest BCUT2D eigenvalue weighted by Gasteiger charge is -2.09. The number of hydrogen-bond donors (Lipinski definition) is 2. The predicted octanol–water partition coefficient (Wildman–Crippen LogP) is 5.17. The highest BCUT2D eigenvalue weighted by molar-refractivity contribution is 7.99. The van der Waals surface area contributed by atoms with Crippen LogP contribution in [0.2, 0.25) is 0 Å². The van der Waals surface area contributed by atoms with Gasteiger partial charge in [-0.2, -0.15) is 0 Å². The molecule has 0 saturated heterocycles. The molecule has 1 heterocycles. The average molecular weight is 383 g/mol. The number of nitrogens with one attached hydrogen (secondary N) is 2. The number of hydrogen-bond acceptors (Lipinski definition) is 3. The maximum Gasteiger partial charge on any atom is 0.268 e. The maximum atomic E-state index is 12.8. The fourth-order valence-corrected chi connectivity index (χ4v) is 3.83. The van der Waals surface area contributed by atoms with Gasteiger partial charge in [0.1, 0.15) is 5.69 Å². The number of amides is 1. The highest BCUT2D eigenvalue weighted by Gasteiger charge is 2.18. The van der Waals surface area contributed by atoms with E-state index in [0.29, 0.717) is 18.8 Å². The van der Waals surface area contributed by atoms with Crippen molar-refractivity contribution >= 4 is 28.6 Å². The van der Waals surface area contributed by atoms with Crippen molar-refractivity contribution in [1.82, 2.24) is 10.3 Å². The first-order valence-corrected chi connectivity index (χ1v) is 10.1. The molecule has 0 aliphatic carbocycles. The third kappa shape index (κ3) is 5.15. The van der Waals surface area contributed by atoms with Crippen molar-refractivity contribution in [2.75, 3.05) is 13.2 Å². The highest BCUT2D eigenvalue weighted by Crippen LogP contribution is 2.36. The lowest BCUT2D eigenvalue weighted by atomic mass is 10.2. The summed E-state index contributed by atoms with van der Waals surface area (Å²) in [6.07, 6.45) is 1.01. The maximum absolute atomic E-state index is 12.8. The smallest absolute Gasteiger partial charge is 0.268 e. The van der Waals surface area contributed by atoms with Gasteiger partial charge >= 0.3 is 0 Å². The Morgan fingerprint density at radius 2 is 1.89 bits per heavy atom. The Labute approximate surface area is 164 Å². The predicted molar refractivity (Wildman–Crippen MR) is 112 cm³/mol. The summed E-state index contributed by atoms with van der Waals surface area (Å²) in [4.78, 5) is 18.1. The largest absolute Gasteiger partial charge is 0.379 e. The monoisotopic (exact) mass is 382 g/mol. The van der Waals surface area contributed by atoms with Crippen LogP contribution in [0.15, 0.2) is 58.3 Å². The molecule has 0 unspecified atom stereocenters. The summed E-state index contributed by atoms with van der Waals surface area (Å²) in [5.74, 6) is -0.0784. The first-order valence-electron chi connectivity index (χ1n) is 9.29. The van der Waals surface area contributed by atoms with Crippen molar-refractivity contribution in [3.8, 4) is 0 Å². The summed E-state index contributed by atoms with van der Waals surface area (Å²) < 4.78 is 5.53. The van der Waals surface area contributed by atoms with Gasteiger partial charge in [-0.15, -0.1) is 0 Å². The molecule has 1 aromatic heterocycles. The Hall–Kier alpha value is -2.24. The van der Waals surface area contributed by atoms with Crippen molar-refractivity contribution in [2.45, 2.75) is 43.1 Å². The first-order chi connectivity index (χ1) is 13.0. The zero-order chi connectivity index (χ0) is 19.2. The van der Waals surface area contributed by atoms with Crippen molar-refractivity contribution in [2.24, 2.45) is 0 Å². The Bertz CT molecular complexity index is 900. The minimum absolute atomic E-state index is 0.0784. The zero-order valence-corrected chi connectivity index (χ0v) is 16.9. The Morgan fingerprint density at radius 3 is 2.63 bits per heavy atom. The van der Waals surface area contributed by atoms with E-state index < -0.39 is 0 Å². The molecule has 3 rings (SSSR count). The van der Waals surface area contributed by atoms with E-state index in [2.05, 4.69) is 47.6 Å². The molecule has 1 amide bonds. The SMILES string of the molecule is Cc1ccc(Sc2c(C(=O)NCCCOC(C)C)[nH]c3ccccc23)cc1. The average Bonchev–Trinajstić information content (AvgIpc) is 3.01. The van der Waals surface area contributed by atoms with E-state index in [1.165, 1.54) is 5.56 Å². The second kappa shape index (κ2) is 9.11. The van der Waals surface area contributed by atoms with Crippen LogP contribution in [-0.4, -0.2) is 30.1 Å². The number of benzene rings is 2. The molecular formula is C22H26N2O2S. The number of carbonyl (C=O) groups is 1. The molecule has 0 fully saturated rings. The molecule has 0 saturated carbocycles. The van der Waals surface area contributed by atoms with Crippen LogP contribution >= 0.6 is 11.8 Å². The van der Waals surface area contributed by atoms with Crippen LogP contribution in [0.1, 0.15) is 36.3 Å². The minimum Gasteiger partial charge on any atom is -0.379 e. The van der Waals surface area contributed by atoms with Gasteiger partial charge < -0.3 is 15.0 Å². The van der Waals surface area contributed by atoms with E-state index in [4.69, 9.17) is 4.74 Å². The van der Waals surface area contributed by atoms with E-state index in [-0.39, 0.29) is 12.0 Å². The molecule has 0 spiro atoms. The number of rotatable bonds is 8. The standard InChI is InChI=1S/C22H26N2O2S/c1-15(2)26-14-6-13-23-22(25)20-21(18-7-4-5-8-19(18)24-20)27-17-11-9-16(3)10-12-17/h4-5,7-12,15,24H,6,13-14H2,1-3H3,(H,23,25). The third-order valence-electron chi connectivity index (χ3n) is 4.18. The number of H-pyrrole nitrogens is 1. The molecule has 0 bridgehead atoms. The summed E-state index contributed by atoms with van der Waals surface area (Å²) in [5, 5.41) is 4.07. The van der Waals surface area contributed by atoms with E-state index in [9.17, 15) is 4.79 Å². The normalized spacial score (nSPS) is 11.3. The molecule has 3 aromatic rings. The molecule has 5 heteroatoms. The number of aromatic amines is 1. The topological polar surface area (TPSA) is 54.1 Å². The van der Waals surface area contributed by atoms with Gasteiger partial charge in [0, 0.05) is 29.0 Å². The quantitative estimate of drug-likeness (QED) is 0.528. The molecule has 2 aromatic carbocycles. The van der Waals surface area contributed by atoms with Gasteiger partial charge in [-0.1, -0.05) is 47.7 Å². The molecule has 0 aliphatic rings. The van der Waals surface area contributed by atoms with Gasteiger partial charge in [-0.25, -0.2) is 0 Å². The highest BCUT2D eigenvalue weighted by atomic mass is 32.2. The zero-order valence-electron chi connectivity index (χ0n) is 16.0. The van der Waals surface area contributed by atoms with Gasteiger partial charge in [-0.3, -0.25) is 4.79 Å². The van der Waals surface area contributed by atoms with Gasteiger partial charge in [0.2, 0.25) is 0 Å². The van der Waals surface area contributed by atoms with E-state index in [1.807, 2.05) is 32.0 Å². The molecule has 142 valence electrons. The molecule has 27 heavy (non-hydrogen) atoms. The van der Waals surface area contributed by atoms with E-state index >= 15 is 0 Å². The lowest BCUT2D eigenvalue weighted by molar-refractivity contribution is 0.0756. The van der Waals surface area contributed by atoms with Crippen LogP contribution in [0.5, 0.6) is 0 Å².